The first-order chi connectivity index (χ1) is 9.70. The van der Waals surface area contributed by atoms with Gasteiger partial charge in [0.2, 0.25) is 0 Å². The van der Waals surface area contributed by atoms with E-state index in [1.54, 1.807) is 6.07 Å². The zero-order chi connectivity index (χ0) is 14.4. The summed E-state index contributed by atoms with van der Waals surface area (Å²) in [5, 5.41) is 12.4. The summed E-state index contributed by atoms with van der Waals surface area (Å²) in [6.07, 6.45) is 0.379. The molecule has 0 saturated heterocycles. The maximum atomic E-state index is 13.3. The van der Waals surface area contributed by atoms with E-state index in [4.69, 9.17) is 5.26 Å². The van der Waals surface area contributed by atoms with Gasteiger partial charge < -0.3 is 5.32 Å². The molecule has 2 aromatic rings. The predicted octanol–water partition coefficient (Wildman–Crippen LogP) is 4.13. The van der Waals surface area contributed by atoms with E-state index < -0.39 is 0 Å². The van der Waals surface area contributed by atoms with Gasteiger partial charge in [-0.2, -0.15) is 5.26 Å². The lowest BCUT2D eigenvalue weighted by Crippen LogP contribution is -2.24. The molecule has 0 spiro atoms. The molecule has 2 atom stereocenters. The number of halogens is 1. The highest BCUT2D eigenvalue weighted by atomic mass is 19.1. The summed E-state index contributed by atoms with van der Waals surface area (Å²) < 4.78 is 13.3. The lowest BCUT2D eigenvalue weighted by molar-refractivity contribution is 0.470. The van der Waals surface area contributed by atoms with Crippen molar-refractivity contribution >= 4 is 0 Å². The van der Waals surface area contributed by atoms with Gasteiger partial charge in [0.25, 0.3) is 0 Å². The van der Waals surface area contributed by atoms with Crippen LogP contribution in [0.4, 0.5) is 4.39 Å². The number of rotatable bonds is 5. The smallest absolute Gasteiger partial charge is 0.123 e. The van der Waals surface area contributed by atoms with E-state index in [1.165, 1.54) is 12.1 Å². The van der Waals surface area contributed by atoms with E-state index in [-0.39, 0.29) is 17.9 Å². The molecule has 0 aliphatic carbocycles. The molecule has 0 bridgehead atoms. The van der Waals surface area contributed by atoms with Crippen LogP contribution in [0, 0.1) is 17.1 Å². The Morgan fingerprint density at radius 2 is 1.80 bits per heavy atom. The standard InChI is InChI=1S/C17H17FN2/c1-13(15-8-5-9-16(18)12-15)20-17(10-11-19)14-6-3-2-4-7-14/h2-9,12-13,17,20H,10H2,1H3/t13-,17?/m0/s1. The zero-order valence-electron chi connectivity index (χ0n) is 11.4. The van der Waals surface area contributed by atoms with E-state index in [1.807, 2.05) is 43.3 Å². The van der Waals surface area contributed by atoms with Gasteiger partial charge in [0.1, 0.15) is 5.82 Å². The summed E-state index contributed by atoms with van der Waals surface area (Å²) >= 11 is 0. The third kappa shape index (κ3) is 3.66. The summed E-state index contributed by atoms with van der Waals surface area (Å²) in [5.41, 5.74) is 1.95. The molecule has 20 heavy (non-hydrogen) atoms. The van der Waals surface area contributed by atoms with Crippen molar-refractivity contribution in [2.45, 2.75) is 25.4 Å². The van der Waals surface area contributed by atoms with Gasteiger partial charge in [-0.15, -0.1) is 0 Å². The minimum Gasteiger partial charge on any atom is -0.302 e. The number of nitriles is 1. The topological polar surface area (TPSA) is 35.8 Å². The molecule has 0 aliphatic heterocycles. The summed E-state index contributed by atoms with van der Waals surface area (Å²) in [6, 6.07) is 18.5. The maximum absolute atomic E-state index is 13.3. The minimum atomic E-state index is -0.243. The van der Waals surface area contributed by atoms with Crippen molar-refractivity contribution in [3.63, 3.8) is 0 Å². The highest BCUT2D eigenvalue weighted by Gasteiger charge is 2.15. The Morgan fingerprint density at radius 3 is 2.45 bits per heavy atom. The summed E-state index contributed by atoms with van der Waals surface area (Å²) in [4.78, 5) is 0. The van der Waals surface area contributed by atoms with Crippen molar-refractivity contribution in [3.05, 3.63) is 71.5 Å². The molecule has 0 fully saturated rings. The summed E-state index contributed by atoms with van der Waals surface area (Å²) in [7, 11) is 0. The lowest BCUT2D eigenvalue weighted by atomic mass is 10.0. The van der Waals surface area contributed by atoms with Crippen LogP contribution in [0.2, 0.25) is 0 Å². The quantitative estimate of drug-likeness (QED) is 0.885. The Bertz CT molecular complexity index is 589. The van der Waals surface area contributed by atoms with E-state index in [2.05, 4.69) is 11.4 Å². The molecular weight excluding hydrogens is 251 g/mol. The molecule has 3 heteroatoms. The normalized spacial score (nSPS) is 13.4. The number of hydrogen-bond acceptors (Lipinski definition) is 2. The summed E-state index contributed by atoms with van der Waals surface area (Å²) in [6.45, 7) is 1.97. The van der Waals surface area contributed by atoms with Crippen LogP contribution in [0.3, 0.4) is 0 Å². The van der Waals surface area contributed by atoms with Gasteiger partial charge in [-0.25, -0.2) is 4.39 Å². The van der Waals surface area contributed by atoms with Gasteiger partial charge in [0, 0.05) is 12.1 Å². The zero-order valence-corrected chi connectivity index (χ0v) is 11.4. The number of benzene rings is 2. The SMILES string of the molecule is C[C@H](NC(CC#N)c1ccccc1)c1cccc(F)c1. The Hall–Kier alpha value is -2.18. The number of hydrogen-bond donors (Lipinski definition) is 1. The fraction of sp³-hybridized carbons (Fsp3) is 0.235. The molecule has 0 heterocycles. The van der Waals surface area contributed by atoms with Gasteiger partial charge >= 0.3 is 0 Å². The van der Waals surface area contributed by atoms with Crippen molar-refractivity contribution < 1.29 is 4.39 Å². The van der Waals surface area contributed by atoms with Crippen LogP contribution in [0.1, 0.15) is 36.6 Å². The van der Waals surface area contributed by atoms with Crippen LogP contribution in [0.15, 0.2) is 54.6 Å². The first-order valence-corrected chi connectivity index (χ1v) is 6.64. The van der Waals surface area contributed by atoms with Crippen LogP contribution in [-0.2, 0) is 0 Å². The van der Waals surface area contributed by atoms with Crippen molar-refractivity contribution in [1.82, 2.24) is 5.32 Å². The Morgan fingerprint density at radius 1 is 1.10 bits per heavy atom. The van der Waals surface area contributed by atoms with E-state index in [0.717, 1.165) is 11.1 Å². The second-order valence-corrected chi connectivity index (χ2v) is 4.77. The largest absolute Gasteiger partial charge is 0.302 e. The second kappa shape index (κ2) is 6.83. The highest BCUT2D eigenvalue weighted by Crippen LogP contribution is 2.22. The van der Waals surface area contributed by atoms with Crippen molar-refractivity contribution in [2.24, 2.45) is 0 Å². The third-order valence-corrected chi connectivity index (χ3v) is 3.30. The van der Waals surface area contributed by atoms with Crippen LogP contribution < -0.4 is 5.32 Å². The van der Waals surface area contributed by atoms with Gasteiger partial charge in [0.15, 0.2) is 0 Å². The van der Waals surface area contributed by atoms with Crippen LogP contribution in [0.5, 0.6) is 0 Å². The fourth-order valence-electron chi connectivity index (χ4n) is 2.22. The molecule has 2 aromatic carbocycles. The maximum Gasteiger partial charge on any atom is 0.123 e. The molecule has 0 radical (unpaired) electrons. The molecule has 102 valence electrons. The fourth-order valence-corrected chi connectivity index (χ4v) is 2.22. The van der Waals surface area contributed by atoms with Gasteiger partial charge in [-0.05, 0) is 30.2 Å². The van der Waals surface area contributed by atoms with Crippen molar-refractivity contribution in [2.75, 3.05) is 0 Å². The monoisotopic (exact) mass is 268 g/mol. The van der Waals surface area contributed by atoms with Crippen LogP contribution >= 0.6 is 0 Å². The predicted molar refractivity (Wildman–Crippen MR) is 77.4 cm³/mol. The minimum absolute atomic E-state index is 0.0238. The molecule has 1 unspecified atom stereocenters. The van der Waals surface area contributed by atoms with Crippen molar-refractivity contribution in [1.29, 1.82) is 5.26 Å². The molecule has 2 nitrogen and oxygen atoms in total. The van der Waals surface area contributed by atoms with E-state index in [0.29, 0.717) is 6.42 Å². The molecule has 0 saturated carbocycles. The van der Waals surface area contributed by atoms with Crippen LogP contribution in [-0.4, -0.2) is 0 Å². The Kier molecular flexibility index (Phi) is 4.86. The van der Waals surface area contributed by atoms with Gasteiger partial charge in [-0.1, -0.05) is 42.5 Å². The molecule has 0 aliphatic rings. The Balaban J connectivity index is 2.14. The molecule has 0 aromatic heterocycles. The van der Waals surface area contributed by atoms with Crippen LogP contribution in [0.25, 0.3) is 0 Å². The van der Waals surface area contributed by atoms with E-state index >= 15 is 0 Å². The van der Waals surface area contributed by atoms with Crippen molar-refractivity contribution in [3.8, 4) is 6.07 Å². The number of nitrogens with one attached hydrogen (secondary N) is 1. The van der Waals surface area contributed by atoms with Gasteiger partial charge in [-0.3, -0.25) is 0 Å². The lowest BCUT2D eigenvalue weighted by Gasteiger charge is -2.22. The number of nitrogens with zero attached hydrogens (tertiary/aromatic N) is 1. The highest BCUT2D eigenvalue weighted by molar-refractivity contribution is 5.23. The average Bonchev–Trinajstić information content (AvgIpc) is 2.47. The third-order valence-electron chi connectivity index (χ3n) is 3.30. The second-order valence-electron chi connectivity index (χ2n) is 4.77. The van der Waals surface area contributed by atoms with E-state index in [9.17, 15) is 4.39 Å². The first-order valence-electron chi connectivity index (χ1n) is 6.64. The van der Waals surface area contributed by atoms with Gasteiger partial charge in [0.05, 0.1) is 12.5 Å². The summed E-state index contributed by atoms with van der Waals surface area (Å²) in [5.74, 6) is -0.243. The Labute approximate surface area is 118 Å². The average molecular weight is 268 g/mol. The first kappa shape index (κ1) is 14.2. The molecule has 1 N–H and O–H groups in total. The molecular formula is C17H17FN2. The molecule has 2 rings (SSSR count). The molecule has 0 amide bonds.